The van der Waals surface area contributed by atoms with Gasteiger partial charge < -0.3 is 14.6 Å². The molecule has 0 aromatic carbocycles. The summed E-state index contributed by atoms with van der Waals surface area (Å²) in [5.74, 6) is 0.962. The van der Waals surface area contributed by atoms with Crippen LogP contribution in [-0.2, 0) is 11.3 Å². The van der Waals surface area contributed by atoms with E-state index in [1.807, 2.05) is 4.90 Å². The Labute approximate surface area is 201 Å². The van der Waals surface area contributed by atoms with Crippen LogP contribution in [0.4, 0.5) is 0 Å². The van der Waals surface area contributed by atoms with Crippen molar-refractivity contribution in [2.45, 2.75) is 89.7 Å². The second-order valence-electron chi connectivity index (χ2n) is 11.2. The van der Waals surface area contributed by atoms with Gasteiger partial charge in [0, 0.05) is 43.0 Å². The Bertz CT molecular complexity index is 1090. The number of nitrogens with zero attached hydrogens (tertiary/aromatic N) is 4. The summed E-state index contributed by atoms with van der Waals surface area (Å²) in [6, 6.07) is 1.79. The fourth-order valence-corrected chi connectivity index (χ4v) is 7.03. The first-order valence-corrected chi connectivity index (χ1v) is 13.2. The number of aromatic nitrogens is 3. The van der Waals surface area contributed by atoms with Gasteiger partial charge >= 0.3 is 0 Å². The van der Waals surface area contributed by atoms with E-state index in [4.69, 9.17) is 0 Å². The molecule has 34 heavy (non-hydrogen) atoms. The number of rotatable bonds is 5. The molecule has 0 radical (unpaired) electrons. The van der Waals surface area contributed by atoms with Gasteiger partial charge in [0.15, 0.2) is 5.52 Å². The molecule has 2 aromatic heterocycles. The highest BCUT2D eigenvalue weighted by molar-refractivity contribution is 5.78. The molecular formula is C27H38N4O3. The average Bonchev–Trinajstić information content (AvgIpc) is 3.33. The topological polar surface area (TPSA) is 88.3 Å². The third-order valence-corrected chi connectivity index (χ3v) is 9.02. The van der Waals surface area contributed by atoms with Crippen LogP contribution in [0.5, 0.6) is 0 Å². The monoisotopic (exact) mass is 466 g/mol. The summed E-state index contributed by atoms with van der Waals surface area (Å²) in [7, 11) is 0. The standard InChI is InChI=1S/C27H38N4O3/c1-20(17-21-7-3-2-4-8-21)24(32)31-16-12-27(34,26(18-31)10-5-6-11-26)19-30-15-9-22-23(25(30)33)29-14-13-28-22/h9,13-15,20-21,34H,2-8,10-12,16-19H2,1H3/t20-,27?/m1/s1. The van der Waals surface area contributed by atoms with Crippen LogP contribution in [0.1, 0.15) is 77.6 Å². The molecule has 3 fully saturated rings. The maximum absolute atomic E-state index is 13.5. The zero-order chi connectivity index (χ0) is 23.8. The van der Waals surface area contributed by atoms with E-state index in [2.05, 4.69) is 16.9 Å². The molecule has 5 rings (SSSR count). The van der Waals surface area contributed by atoms with Crippen LogP contribution >= 0.6 is 0 Å². The molecule has 7 heteroatoms. The lowest BCUT2D eigenvalue weighted by atomic mass is 9.65. The molecule has 184 valence electrons. The highest BCUT2D eigenvalue weighted by Gasteiger charge is 2.55. The van der Waals surface area contributed by atoms with E-state index < -0.39 is 5.60 Å². The van der Waals surface area contributed by atoms with Crippen molar-refractivity contribution in [2.75, 3.05) is 13.1 Å². The van der Waals surface area contributed by atoms with E-state index in [1.54, 1.807) is 23.0 Å². The minimum Gasteiger partial charge on any atom is -0.387 e. The molecule has 1 saturated heterocycles. The van der Waals surface area contributed by atoms with Gasteiger partial charge in [0.25, 0.3) is 5.56 Å². The fraction of sp³-hybridized carbons (Fsp3) is 0.704. The van der Waals surface area contributed by atoms with E-state index in [-0.39, 0.29) is 29.3 Å². The summed E-state index contributed by atoms with van der Waals surface area (Å²) >= 11 is 0. The number of piperidine rings is 1. The molecule has 3 heterocycles. The minimum atomic E-state index is -1.02. The van der Waals surface area contributed by atoms with Crippen LogP contribution in [0, 0.1) is 17.3 Å². The van der Waals surface area contributed by atoms with E-state index in [0.717, 1.165) is 32.1 Å². The van der Waals surface area contributed by atoms with Gasteiger partial charge in [-0.15, -0.1) is 0 Å². The van der Waals surface area contributed by atoms with Crippen LogP contribution in [0.2, 0.25) is 0 Å². The molecule has 1 N–H and O–H groups in total. The van der Waals surface area contributed by atoms with Gasteiger partial charge in [-0.05, 0) is 37.7 Å². The minimum absolute atomic E-state index is 0.0365. The van der Waals surface area contributed by atoms with Crippen LogP contribution in [0.3, 0.4) is 0 Å². The van der Waals surface area contributed by atoms with Crippen LogP contribution < -0.4 is 5.56 Å². The SMILES string of the molecule is C[C@H](CC1CCCCC1)C(=O)N1CCC(O)(Cn2ccc3nccnc3c2=O)C2(CCCC2)C1. The smallest absolute Gasteiger partial charge is 0.278 e. The van der Waals surface area contributed by atoms with Gasteiger partial charge in [-0.1, -0.05) is 51.9 Å². The van der Waals surface area contributed by atoms with Crippen molar-refractivity contribution in [2.24, 2.45) is 17.3 Å². The lowest BCUT2D eigenvalue weighted by Gasteiger charge is -2.52. The Hall–Kier alpha value is -2.28. The van der Waals surface area contributed by atoms with Crippen molar-refractivity contribution in [3.8, 4) is 0 Å². The van der Waals surface area contributed by atoms with Crippen molar-refractivity contribution in [1.82, 2.24) is 19.4 Å². The molecule has 1 amide bonds. The number of likely N-dealkylation sites (tertiary alicyclic amines) is 1. The lowest BCUT2D eigenvalue weighted by Crippen LogP contribution is -2.62. The van der Waals surface area contributed by atoms with E-state index >= 15 is 0 Å². The van der Waals surface area contributed by atoms with Crippen molar-refractivity contribution < 1.29 is 9.90 Å². The zero-order valence-corrected chi connectivity index (χ0v) is 20.4. The number of hydrogen-bond donors (Lipinski definition) is 1. The highest BCUT2D eigenvalue weighted by Crippen LogP contribution is 2.51. The summed E-state index contributed by atoms with van der Waals surface area (Å²) in [5, 5.41) is 12.0. The largest absolute Gasteiger partial charge is 0.387 e. The van der Waals surface area contributed by atoms with Crippen molar-refractivity contribution >= 4 is 16.9 Å². The molecule has 2 aromatic rings. The first-order chi connectivity index (χ1) is 16.4. The molecule has 7 nitrogen and oxygen atoms in total. The summed E-state index contributed by atoms with van der Waals surface area (Å²) in [4.78, 5) is 37.0. The number of fused-ring (bicyclic) bond motifs is 1. The Kier molecular flexibility index (Phi) is 6.49. The molecule has 3 aliphatic rings. The summed E-state index contributed by atoms with van der Waals surface area (Å²) in [5.41, 5.74) is -0.696. The van der Waals surface area contributed by atoms with Crippen LogP contribution in [0.15, 0.2) is 29.5 Å². The molecule has 1 unspecified atom stereocenters. The number of pyridine rings is 1. The Morgan fingerprint density at radius 1 is 1.12 bits per heavy atom. The third kappa shape index (κ3) is 4.28. The summed E-state index contributed by atoms with van der Waals surface area (Å²) in [6.07, 6.45) is 16.7. The maximum Gasteiger partial charge on any atom is 0.278 e. The maximum atomic E-state index is 13.5. The predicted octanol–water partition coefficient (Wildman–Crippen LogP) is 3.92. The Morgan fingerprint density at radius 2 is 1.85 bits per heavy atom. The van der Waals surface area contributed by atoms with Gasteiger partial charge in [-0.3, -0.25) is 14.6 Å². The normalized spacial score (nSPS) is 26.2. The number of hydrogen-bond acceptors (Lipinski definition) is 5. The predicted molar refractivity (Wildman–Crippen MR) is 131 cm³/mol. The summed E-state index contributed by atoms with van der Waals surface area (Å²) < 4.78 is 1.60. The average molecular weight is 467 g/mol. The van der Waals surface area contributed by atoms with Crippen molar-refractivity contribution in [1.29, 1.82) is 0 Å². The van der Waals surface area contributed by atoms with Gasteiger partial charge in [-0.2, -0.15) is 0 Å². The number of amides is 1. The Balaban J connectivity index is 1.34. The zero-order valence-electron chi connectivity index (χ0n) is 20.4. The lowest BCUT2D eigenvalue weighted by molar-refractivity contribution is -0.163. The van der Waals surface area contributed by atoms with Crippen LogP contribution in [0.25, 0.3) is 11.0 Å². The van der Waals surface area contributed by atoms with E-state index in [9.17, 15) is 14.7 Å². The highest BCUT2D eigenvalue weighted by atomic mass is 16.3. The van der Waals surface area contributed by atoms with Crippen molar-refractivity contribution in [3.05, 3.63) is 35.0 Å². The van der Waals surface area contributed by atoms with Crippen LogP contribution in [-0.4, -0.2) is 49.1 Å². The molecule has 2 aliphatic carbocycles. The molecule has 1 spiro atoms. The first-order valence-electron chi connectivity index (χ1n) is 13.2. The number of aliphatic hydroxyl groups is 1. The quantitative estimate of drug-likeness (QED) is 0.722. The molecule has 0 bridgehead atoms. The van der Waals surface area contributed by atoms with Crippen molar-refractivity contribution in [3.63, 3.8) is 0 Å². The fourth-order valence-electron chi connectivity index (χ4n) is 7.03. The molecule has 1 aliphatic heterocycles. The van der Waals surface area contributed by atoms with E-state index in [0.29, 0.717) is 36.5 Å². The van der Waals surface area contributed by atoms with Gasteiger partial charge in [-0.25, -0.2) is 4.98 Å². The number of carbonyl (C=O) groups excluding carboxylic acids is 1. The second kappa shape index (κ2) is 9.40. The molecule has 2 saturated carbocycles. The third-order valence-electron chi connectivity index (χ3n) is 9.02. The number of carbonyl (C=O) groups is 1. The summed E-state index contributed by atoms with van der Waals surface area (Å²) in [6.45, 7) is 3.47. The second-order valence-corrected chi connectivity index (χ2v) is 11.2. The van der Waals surface area contributed by atoms with E-state index in [1.165, 1.54) is 38.3 Å². The Morgan fingerprint density at radius 3 is 2.62 bits per heavy atom. The van der Waals surface area contributed by atoms with Gasteiger partial charge in [0.2, 0.25) is 5.91 Å². The first kappa shape index (κ1) is 23.5. The molecule has 2 atom stereocenters. The van der Waals surface area contributed by atoms with Gasteiger partial charge in [0.05, 0.1) is 17.7 Å². The molecular weight excluding hydrogens is 428 g/mol. The van der Waals surface area contributed by atoms with Gasteiger partial charge in [0.1, 0.15) is 0 Å².